The maximum atomic E-state index is 14.1. The number of Topliss-reactive ketones (excluding diaryl/α,β-unsaturated/α-hetero) is 2. The van der Waals surface area contributed by atoms with Gasteiger partial charge in [0, 0.05) is 127 Å². The number of amides is 2. The van der Waals surface area contributed by atoms with E-state index in [9.17, 15) is 73.8 Å². The summed E-state index contributed by atoms with van der Waals surface area (Å²) in [5, 5.41) is 3.99. The van der Waals surface area contributed by atoms with Gasteiger partial charge in [0.15, 0.2) is 34.2 Å². The van der Waals surface area contributed by atoms with Gasteiger partial charge >= 0.3 is 64.1 Å². The second-order valence-electron chi connectivity index (χ2n) is 31.8. The molecule has 6 aromatic rings. The van der Waals surface area contributed by atoms with Crippen LogP contribution in [0.1, 0.15) is 213 Å². The normalized spacial score (nSPS) is 18.1. The molecule has 4 atom stereocenters. The van der Waals surface area contributed by atoms with Crippen molar-refractivity contribution in [2.75, 3.05) is 62.3 Å². The van der Waals surface area contributed by atoms with E-state index in [1.807, 2.05) is 12.1 Å². The van der Waals surface area contributed by atoms with E-state index in [4.69, 9.17) is 60.7 Å². The Kier molecular flexibility index (Phi) is 23.9. The van der Waals surface area contributed by atoms with Crippen molar-refractivity contribution in [2.24, 2.45) is 10.8 Å². The molecule has 0 aliphatic carbocycles. The Labute approximate surface area is 671 Å². The third-order valence-corrected chi connectivity index (χ3v) is 24.5. The molecule has 0 aromatic heterocycles. The molecule has 8 heterocycles. The Hall–Kier alpha value is -9.04. The molecule has 14 rings (SSSR count). The molecule has 0 radical (unpaired) electrons. The standard InChI is InChI=1S/C42H43ClF3N2O9P.C41H41ClF3N2O9P/c1-5-25(49)13-12-24-21-31-36(32(43)34(24)56-39(52)40(2,3)4)55-35-28-11-9-18-48-17-8-10-23(33(28)48)20-30(35)41(31)29-22-26(14-15-27(29)37(50)57-41)58(53)54-19-7-6-16-47-38(51)42(44,45)46;1-22(48)11-12-24-20-30-35(31(42)33(24)55-38(51)39(2,3)4)54-34-27-10-8-17-47-16-7-9-23(32(27)47)19-29(34)40(30)28-21-25(13-14-26(28)36(49)56-40)57(52)53-18-6-5-15-46-37(50)41(43,44)45/h14-15,20-22H,5-13,16-19H2,1-4H3;13-14,19-21H,5-12,15-18H2,1-4H3/p+2. The van der Waals surface area contributed by atoms with Crippen LogP contribution in [0, 0.1) is 10.8 Å². The van der Waals surface area contributed by atoms with Crippen molar-refractivity contribution in [3.63, 3.8) is 0 Å². The number of alkyl halides is 6. The van der Waals surface area contributed by atoms with E-state index in [1.54, 1.807) is 83.4 Å². The van der Waals surface area contributed by atoms with E-state index in [0.29, 0.717) is 75.3 Å². The number of carbonyl (C=O) groups is 8. The predicted octanol–water partition coefficient (Wildman–Crippen LogP) is 16.2. The number of nitrogens with zero attached hydrogens (tertiary/aromatic N) is 2. The molecule has 0 saturated carbocycles. The summed E-state index contributed by atoms with van der Waals surface area (Å²) in [5.74, 6) is -5.38. The lowest BCUT2D eigenvalue weighted by Crippen LogP contribution is -2.38. The molecule has 4 unspecified atom stereocenters. The highest BCUT2D eigenvalue weighted by atomic mass is 35.5. The minimum Gasteiger partial charge on any atom is -0.454 e. The van der Waals surface area contributed by atoms with Crippen molar-refractivity contribution >= 4 is 108 Å². The van der Waals surface area contributed by atoms with Crippen molar-refractivity contribution in [1.82, 2.24) is 10.6 Å². The zero-order valence-electron chi connectivity index (χ0n) is 64.6. The van der Waals surface area contributed by atoms with Crippen LogP contribution in [0.2, 0.25) is 10.0 Å². The van der Waals surface area contributed by atoms with E-state index in [-0.39, 0.29) is 144 Å². The molecule has 2 N–H and O–H groups in total. The van der Waals surface area contributed by atoms with Gasteiger partial charge in [-0.2, -0.15) is 26.3 Å². The van der Waals surface area contributed by atoms with Crippen LogP contribution in [-0.2, 0) is 106 Å². The summed E-state index contributed by atoms with van der Waals surface area (Å²) in [6.07, 6.45) is -1.98. The van der Waals surface area contributed by atoms with Gasteiger partial charge < -0.3 is 53.6 Å². The Bertz CT molecular complexity index is 5070. The number of halogens is 8. The molecule has 2 amide bonds. The first kappa shape index (κ1) is 83.9. The van der Waals surface area contributed by atoms with Crippen LogP contribution >= 0.6 is 39.3 Å². The number of ketones is 2. The number of benzene rings is 6. The predicted molar refractivity (Wildman–Crippen MR) is 413 cm³/mol. The minimum atomic E-state index is -4.99. The first-order chi connectivity index (χ1) is 54.4. The third kappa shape index (κ3) is 16.3. The maximum Gasteiger partial charge on any atom is 0.548 e. The largest absolute Gasteiger partial charge is 0.548 e. The van der Waals surface area contributed by atoms with Crippen molar-refractivity contribution in [2.45, 2.75) is 188 Å². The summed E-state index contributed by atoms with van der Waals surface area (Å²) in [6.45, 7) is 16.3. The summed E-state index contributed by atoms with van der Waals surface area (Å²) in [5.41, 5.74) is 4.80. The smallest absolute Gasteiger partial charge is 0.454 e. The average Bonchev–Trinajstić information content (AvgIpc) is 1.62. The van der Waals surface area contributed by atoms with Gasteiger partial charge in [-0.05, 0) is 218 Å². The molecular formula is C83H86Cl2F6N4O18P2+2. The summed E-state index contributed by atoms with van der Waals surface area (Å²) in [6, 6.07) is 16.7. The number of hydrogen-bond acceptors (Lipinski definition) is 20. The highest BCUT2D eigenvalue weighted by molar-refractivity contribution is 7.48. The summed E-state index contributed by atoms with van der Waals surface area (Å²) >= 11 is 14.5. The Balaban J connectivity index is 0.000000200. The highest BCUT2D eigenvalue weighted by Gasteiger charge is 2.59. The van der Waals surface area contributed by atoms with Crippen LogP contribution in [-0.4, -0.2) is 112 Å². The number of ether oxygens (including phenoxy) is 6. The zero-order chi connectivity index (χ0) is 82.8. The fraction of sp³-hybridized carbons (Fsp3) is 0.470. The minimum absolute atomic E-state index is 0.0225. The van der Waals surface area contributed by atoms with Crippen LogP contribution in [0.5, 0.6) is 34.5 Å². The number of fused-ring (bicyclic) bond motifs is 14. The number of anilines is 2. The van der Waals surface area contributed by atoms with Crippen LogP contribution in [0.4, 0.5) is 37.7 Å². The maximum absolute atomic E-state index is 14.1. The number of unbranched alkanes of at least 4 members (excludes halogenated alkanes) is 2. The topological polar surface area (TPSA) is 275 Å². The van der Waals surface area contributed by atoms with Gasteiger partial charge in [0.1, 0.15) is 46.3 Å². The van der Waals surface area contributed by atoms with Gasteiger partial charge in [0.25, 0.3) is 0 Å². The van der Waals surface area contributed by atoms with E-state index >= 15 is 0 Å². The molecule has 22 nitrogen and oxygen atoms in total. The fourth-order valence-electron chi connectivity index (χ4n) is 15.8. The summed E-state index contributed by atoms with van der Waals surface area (Å²) < 4.78 is 152. The monoisotopic (exact) mass is 1670 g/mol. The molecule has 0 saturated heterocycles. The lowest BCUT2D eigenvalue weighted by molar-refractivity contribution is -0.173. The van der Waals surface area contributed by atoms with E-state index in [2.05, 4.69) is 9.80 Å². The molecule has 2 spiro atoms. The third-order valence-electron chi connectivity index (χ3n) is 21.6. The molecule has 8 aliphatic rings. The van der Waals surface area contributed by atoms with Crippen LogP contribution in [0.15, 0.2) is 60.7 Å². The molecule has 610 valence electrons. The van der Waals surface area contributed by atoms with Crippen molar-refractivity contribution in [1.29, 1.82) is 0 Å². The average molecular weight is 1670 g/mol. The quantitative estimate of drug-likeness (QED) is 0.0198. The zero-order valence-corrected chi connectivity index (χ0v) is 67.9. The van der Waals surface area contributed by atoms with Crippen molar-refractivity contribution in [3.8, 4) is 34.5 Å². The number of esters is 4. The Morgan fingerprint density at radius 2 is 0.904 bits per heavy atom. The summed E-state index contributed by atoms with van der Waals surface area (Å²) in [7, 11) is -5.06. The molecule has 8 aliphatic heterocycles. The molecular weight excluding hydrogens is 1590 g/mol. The van der Waals surface area contributed by atoms with Gasteiger partial charge in [0.05, 0.1) is 22.0 Å². The number of nitrogens with one attached hydrogen (secondary N) is 2. The Morgan fingerprint density at radius 3 is 1.28 bits per heavy atom. The molecule has 0 bridgehead atoms. The number of hydrogen-bond donors (Lipinski definition) is 2. The fourth-order valence-corrected chi connectivity index (χ4v) is 18.2. The van der Waals surface area contributed by atoms with Crippen LogP contribution < -0.4 is 50.0 Å². The van der Waals surface area contributed by atoms with Gasteiger partial charge in [-0.1, -0.05) is 30.1 Å². The van der Waals surface area contributed by atoms with E-state index in [0.717, 1.165) is 98.3 Å². The SMILES string of the molecule is CC(=O)CCc1cc2c(c(Cl)c1OC(=O)C(C)(C)C)Oc1c(cc3c4c1CCCN4CCC3)C21OC(=O)c2ccc([P+](=O)OCCCCNC(=O)C(F)(F)F)cc21.CCC(=O)CCc1cc2c(c(Cl)c1OC(=O)C(C)(C)C)Oc1c(cc3c4c1CCCN4CCC3)C21OC(=O)c2ccc([P+](=O)OCCCCNC(=O)C(F)(F)F)cc21. The van der Waals surface area contributed by atoms with E-state index in [1.165, 1.54) is 31.2 Å². The second kappa shape index (κ2) is 32.8. The van der Waals surface area contributed by atoms with Crippen LogP contribution in [0.3, 0.4) is 0 Å². The molecule has 0 fully saturated rings. The van der Waals surface area contributed by atoms with Gasteiger partial charge in [0.2, 0.25) is 10.6 Å². The molecule has 115 heavy (non-hydrogen) atoms. The first-order valence-electron chi connectivity index (χ1n) is 38.4. The molecule has 32 heteroatoms. The van der Waals surface area contributed by atoms with E-state index < -0.39 is 86.1 Å². The lowest BCUT2D eigenvalue weighted by Gasteiger charge is -2.43. The van der Waals surface area contributed by atoms with Crippen molar-refractivity contribution in [3.05, 3.63) is 149 Å². The van der Waals surface area contributed by atoms with Gasteiger partial charge in [-0.15, -0.1) is 9.05 Å². The van der Waals surface area contributed by atoms with Crippen LogP contribution in [0.25, 0.3) is 0 Å². The highest BCUT2D eigenvalue weighted by Crippen LogP contribution is 2.65. The second-order valence-corrected chi connectivity index (χ2v) is 35.1. The summed E-state index contributed by atoms with van der Waals surface area (Å²) in [4.78, 5) is 107. The number of aryl methyl sites for hydroxylation is 4. The van der Waals surface area contributed by atoms with Crippen molar-refractivity contribution < 1.29 is 111 Å². The first-order valence-corrected chi connectivity index (χ1v) is 41.6. The number of rotatable bonds is 23. The van der Waals surface area contributed by atoms with Gasteiger partial charge in [-0.3, -0.25) is 24.0 Å². The Morgan fingerprint density at radius 1 is 0.522 bits per heavy atom. The number of carbonyl (C=O) groups excluding carboxylic acids is 8. The molecule has 6 aromatic carbocycles. The lowest BCUT2D eigenvalue weighted by atomic mass is 9.74. The van der Waals surface area contributed by atoms with Gasteiger partial charge in [-0.25, -0.2) is 9.59 Å².